The van der Waals surface area contributed by atoms with Crippen LogP contribution < -0.4 is 10.9 Å². The molecular formula is C25H20N4O2S. The Hall–Kier alpha value is -3.89. The predicted octanol–water partition coefficient (Wildman–Crippen LogP) is 4.55. The predicted molar refractivity (Wildman–Crippen MR) is 127 cm³/mol. The van der Waals surface area contributed by atoms with Gasteiger partial charge in [-0.1, -0.05) is 49.0 Å². The van der Waals surface area contributed by atoms with Crippen LogP contribution in [0.15, 0.2) is 82.7 Å². The second kappa shape index (κ2) is 9.50. The second-order valence-corrected chi connectivity index (χ2v) is 8.00. The van der Waals surface area contributed by atoms with Crippen molar-refractivity contribution in [3.63, 3.8) is 0 Å². The van der Waals surface area contributed by atoms with E-state index in [1.54, 1.807) is 42.5 Å². The first-order valence-electron chi connectivity index (χ1n) is 10.1. The van der Waals surface area contributed by atoms with Gasteiger partial charge in [-0.15, -0.1) is 0 Å². The fourth-order valence-electron chi connectivity index (χ4n) is 3.39. The molecule has 0 spiro atoms. The molecule has 0 saturated carbocycles. The molecule has 4 aromatic rings. The Balaban J connectivity index is 1.67. The van der Waals surface area contributed by atoms with Crippen LogP contribution in [0.4, 0.5) is 5.69 Å². The lowest BCUT2D eigenvalue weighted by Crippen LogP contribution is -2.23. The van der Waals surface area contributed by atoms with E-state index in [2.05, 4.69) is 16.4 Å². The quantitative estimate of drug-likeness (QED) is 0.351. The number of aryl methyl sites for hydroxylation is 1. The summed E-state index contributed by atoms with van der Waals surface area (Å²) < 4.78 is 1.49. The molecule has 0 aliphatic heterocycles. The van der Waals surface area contributed by atoms with Crippen molar-refractivity contribution in [3.05, 3.63) is 94.3 Å². The van der Waals surface area contributed by atoms with Crippen LogP contribution in [0.5, 0.6) is 0 Å². The van der Waals surface area contributed by atoms with Crippen molar-refractivity contribution in [2.45, 2.75) is 18.5 Å². The maximum atomic E-state index is 13.3. The fraction of sp³-hybridized carbons (Fsp3) is 0.120. The van der Waals surface area contributed by atoms with Crippen LogP contribution in [-0.2, 0) is 11.2 Å². The number of rotatable bonds is 6. The number of fused-ring (bicyclic) bond motifs is 1. The van der Waals surface area contributed by atoms with Crippen molar-refractivity contribution < 1.29 is 4.79 Å². The third kappa shape index (κ3) is 4.41. The summed E-state index contributed by atoms with van der Waals surface area (Å²) in [4.78, 5) is 30.6. The third-order valence-electron chi connectivity index (χ3n) is 5.00. The molecule has 3 aromatic carbocycles. The molecule has 0 unspecified atom stereocenters. The van der Waals surface area contributed by atoms with Crippen molar-refractivity contribution in [2.24, 2.45) is 0 Å². The highest BCUT2D eigenvalue weighted by molar-refractivity contribution is 7.99. The molecule has 32 heavy (non-hydrogen) atoms. The first kappa shape index (κ1) is 21.3. The number of nitriles is 1. The number of anilines is 1. The van der Waals surface area contributed by atoms with Gasteiger partial charge in [-0.2, -0.15) is 5.26 Å². The largest absolute Gasteiger partial charge is 0.325 e. The van der Waals surface area contributed by atoms with Crippen LogP contribution in [0.2, 0.25) is 0 Å². The summed E-state index contributed by atoms with van der Waals surface area (Å²) in [5.74, 6) is -0.0799. The minimum atomic E-state index is -0.223. The third-order valence-corrected chi connectivity index (χ3v) is 5.94. The monoisotopic (exact) mass is 440 g/mol. The smallest absolute Gasteiger partial charge is 0.266 e. The van der Waals surface area contributed by atoms with E-state index in [0.717, 1.165) is 17.7 Å². The van der Waals surface area contributed by atoms with Gasteiger partial charge in [0.05, 0.1) is 34.0 Å². The van der Waals surface area contributed by atoms with Crippen LogP contribution in [0.25, 0.3) is 16.6 Å². The van der Waals surface area contributed by atoms with E-state index in [1.165, 1.54) is 16.3 Å². The average Bonchev–Trinajstić information content (AvgIpc) is 2.83. The Morgan fingerprint density at radius 3 is 2.53 bits per heavy atom. The number of nitrogens with one attached hydrogen (secondary N) is 1. The molecule has 0 bridgehead atoms. The molecule has 0 aliphatic rings. The Bertz CT molecular complexity index is 1390. The number of para-hydroxylation sites is 2. The summed E-state index contributed by atoms with van der Waals surface area (Å²) in [6, 6.07) is 23.6. The van der Waals surface area contributed by atoms with Crippen molar-refractivity contribution >= 4 is 34.3 Å². The van der Waals surface area contributed by atoms with Gasteiger partial charge >= 0.3 is 0 Å². The van der Waals surface area contributed by atoms with Gasteiger partial charge in [-0.05, 0) is 54.4 Å². The molecule has 0 atom stereocenters. The summed E-state index contributed by atoms with van der Waals surface area (Å²) in [5.41, 5.74) is 3.28. The van der Waals surface area contributed by atoms with E-state index in [1.807, 2.05) is 37.3 Å². The summed E-state index contributed by atoms with van der Waals surface area (Å²) in [7, 11) is 0. The lowest BCUT2D eigenvalue weighted by Gasteiger charge is -2.14. The highest BCUT2D eigenvalue weighted by Gasteiger charge is 2.15. The molecule has 4 rings (SSSR count). The molecule has 0 radical (unpaired) electrons. The van der Waals surface area contributed by atoms with E-state index in [-0.39, 0.29) is 17.2 Å². The molecule has 1 aromatic heterocycles. The normalized spacial score (nSPS) is 10.6. The number of aromatic nitrogens is 2. The SMILES string of the molecule is CCc1ccccc1NC(=O)CSc1nc2ccccc2c(=O)n1-c1ccc(C#N)cc1. The van der Waals surface area contributed by atoms with Crippen LogP contribution in [0.3, 0.4) is 0 Å². The maximum Gasteiger partial charge on any atom is 0.266 e. The number of thioether (sulfide) groups is 1. The van der Waals surface area contributed by atoms with Crippen LogP contribution >= 0.6 is 11.8 Å². The van der Waals surface area contributed by atoms with Crippen LogP contribution in [0, 0.1) is 11.3 Å². The Morgan fingerprint density at radius 2 is 1.78 bits per heavy atom. The average molecular weight is 441 g/mol. The molecule has 1 heterocycles. The van der Waals surface area contributed by atoms with E-state index >= 15 is 0 Å². The molecule has 0 aliphatic carbocycles. The summed E-state index contributed by atoms with van der Waals surface area (Å²) in [6.07, 6.45) is 0.814. The molecule has 0 fully saturated rings. The standard InChI is InChI=1S/C25H20N4O2S/c1-2-18-7-3-5-9-21(18)27-23(30)16-32-25-28-22-10-6-4-8-20(22)24(31)29(25)19-13-11-17(15-26)12-14-19/h3-14H,2,16H2,1H3,(H,27,30). The minimum Gasteiger partial charge on any atom is -0.325 e. The molecule has 6 nitrogen and oxygen atoms in total. The zero-order chi connectivity index (χ0) is 22.5. The van der Waals surface area contributed by atoms with Crippen molar-refractivity contribution in [3.8, 4) is 11.8 Å². The fourth-order valence-corrected chi connectivity index (χ4v) is 4.20. The molecule has 1 amide bonds. The van der Waals surface area contributed by atoms with Crippen LogP contribution in [0.1, 0.15) is 18.1 Å². The highest BCUT2D eigenvalue weighted by Crippen LogP contribution is 2.22. The van der Waals surface area contributed by atoms with E-state index in [9.17, 15) is 9.59 Å². The van der Waals surface area contributed by atoms with Gasteiger partial charge in [0, 0.05) is 5.69 Å². The van der Waals surface area contributed by atoms with Gasteiger partial charge in [0.15, 0.2) is 5.16 Å². The Kier molecular flexibility index (Phi) is 6.34. The second-order valence-electron chi connectivity index (χ2n) is 7.06. The number of carbonyl (C=O) groups excluding carboxylic acids is 1. The lowest BCUT2D eigenvalue weighted by atomic mass is 10.1. The molecule has 158 valence electrons. The highest BCUT2D eigenvalue weighted by atomic mass is 32.2. The lowest BCUT2D eigenvalue weighted by molar-refractivity contribution is -0.113. The van der Waals surface area contributed by atoms with Crippen LogP contribution in [-0.4, -0.2) is 21.2 Å². The van der Waals surface area contributed by atoms with Gasteiger partial charge in [0.2, 0.25) is 5.91 Å². The van der Waals surface area contributed by atoms with Gasteiger partial charge in [0.1, 0.15) is 0 Å². The summed E-state index contributed by atoms with van der Waals surface area (Å²) in [5, 5.41) is 12.9. The number of carbonyl (C=O) groups is 1. The van der Waals surface area contributed by atoms with Gasteiger partial charge in [-0.25, -0.2) is 4.98 Å². The zero-order valence-corrected chi connectivity index (χ0v) is 18.2. The van der Waals surface area contributed by atoms with Gasteiger partial charge < -0.3 is 5.32 Å². The van der Waals surface area contributed by atoms with Crippen molar-refractivity contribution in [1.29, 1.82) is 5.26 Å². The topological polar surface area (TPSA) is 87.8 Å². The number of amides is 1. The molecular weight excluding hydrogens is 420 g/mol. The Morgan fingerprint density at radius 1 is 1.06 bits per heavy atom. The summed E-state index contributed by atoms with van der Waals surface area (Å²) in [6.45, 7) is 2.04. The number of hydrogen-bond donors (Lipinski definition) is 1. The van der Waals surface area contributed by atoms with Gasteiger partial charge in [0.25, 0.3) is 5.56 Å². The van der Waals surface area contributed by atoms with E-state index in [0.29, 0.717) is 27.3 Å². The van der Waals surface area contributed by atoms with Crippen molar-refractivity contribution in [1.82, 2.24) is 9.55 Å². The van der Waals surface area contributed by atoms with Gasteiger partial charge in [-0.3, -0.25) is 14.2 Å². The maximum absolute atomic E-state index is 13.3. The molecule has 7 heteroatoms. The summed E-state index contributed by atoms with van der Waals surface area (Å²) >= 11 is 1.20. The number of benzene rings is 3. The van der Waals surface area contributed by atoms with E-state index < -0.39 is 0 Å². The number of nitrogens with zero attached hydrogens (tertiary/aromatic N) is 3. The molecule has 1 N–H and O–H groups in total. The van der Waals surface area contributed by atoms with E-state index in [4.69, 9.17) is 5.26 Å². The van der Waals surface area contributed by atoms with Crippen molar-refractivity contribution in [2.75, 3.05) is 11.1 Å². The molecule has 0 saturated heterocycles. The minimum absolute atomic E-state index is 0.0963. The Labute approximate surface area is 189 Å². The first-order chi connectivity index (χ1) is 15.6. The number of hydrogen-bond acceptors (Lipinski definition) is 5. The first-order valence-corrected chi connectivity index (χ1v) is 11.1. The zero-order valence-electron chi connectivity index (χ0n) is 17.4.